The van der Waals surface area contributed by atoms with Gasteiger partial charge in [-0.25, -0.2) is 9.78 Å². The molecule has 7 nitrogen and oxygen atoms in total. The van der Waals surface area contributed by atoms with Crippen LogP contribution < -0.4 is 4.90 Å². The van der Waals surface area contributed by atoms with Crippen molar-refractivity contribution in [3.8, 4) is 0 Å². The molecule has 1 unspecified atom stereocenters. The van der Waals surface area contributed by atoms with Crippen LogP contribution in [0.2, 0.25) is 15.2 Å². The third kappa shape index (κ3) is 4.55. The monoisotopic (exact) mass is 442 g/mol. The number of carbonyl (C=O) groups is 1. The Balaban J connectivity index is 1.80. The lowest BCUT2D eigenvalue weighted by molar-refractivity contribution is 0.0690. The number of halogens is 3. The van der Waals surface area contributed by atoms with Crippen molar-refractivity contribution in [2.24, 2.45) is 10.2 Å². The van der Waals surface area contributed by atoms with E-state index in [4.69, 9.17) is 44.6 Å². The van der Waals surface area contributed by atoms with Crippen LogP contribution in [0.25, 0.3) is 0 Å². The molecule has 1 aromatic heterocycles. The average molecular weight is 444 g/mol. The highest BCUT2D eigenvalue weighted by molar-refractivity contribution is 6.45. The number of anilines is 1. The van der Waals surface area contributed by atoms with Gasteiger partial charge in [0.15, 0.2) is 10.8 Å². The molecule has 1 atom stereocenters. The van der Waals surface area contributed by atoms with Gasteiger partial charge >= 0.3 is 5.97 Å². The van der Waals surface area contributed by atoms with E-state index in [0.29, 0.717) is 0 Å². The Morgan fingerprint density at radius 2 is 1.82 bits per heavy atom. The first-order chi connectivity index (χ1) is 13.4. The third-order valence-corrected chi connectivity index (χ3v) is 5.39. The van der Waals surface area contributed by atoms with Crippen LogP contribution in [-0.4, -0.2) is 42.4 Å². The first-order valence-electron chi connectivity index (χ1n) is 8.49. The molecule has 10 heteroatoms. The summed E-state index contributed by atoms with van der Waals surface area (Å²) in [6.45, 7) is 5.03. The highest BCUT2D eigenvalue weighted by Crippen LogP contribution is 2.40. The molecule has 0 bridgehead atoms. The Labute approximate surface area is 176 Å². The molecule has 28 heavy (non-hydrogen) atoms. The summed E-state index contributed by atoms with van der Waals surface area (Å²) in [6.07, 6.45) is 0. The topological polar surface area (TPSA) is 87.4 Å². The lowest BCUT2D eigenvalue weighted by Gasteiger charge is -2.29. The third-order valence-electron chi connectivity index (χ3n) is 4.30. The number of ether oxygens (including phenoxy) is 1. The molecule has 148 valence electrons. The molecule has 1 aliphatic heterocycles. The van der Waals surface area contributed by atoms with E-state index in [2.05, 4.69) is 20.1 Å². The lowest BCUT2D eigenvalue weighted by Crippen LogP contribution is -2.36. The summed E-state index contributed by atoms with van der Waals surface area (Å²) in [6, 6.07) is 7.70. The second-order valence-corrected chi connectivity index (χ2v) is 7.23. The Bertz CT molecular complexity index is 900. The summed E-state index contributed by atoms with van der Waals surface area (Å²) >= 11 is 18.0. The van der Waals surface area contributed by atoms with Gasteiger partial charge in [-0.15, -0.1) is 0 Å². The van der Waals surface area contributed by atoms with Gasteiger partial charge in [0.05, 0.1) is 19.3 Å². The number of hydrogen-bond donors (Lipinski definition) is 1. The molecule has 0 radical (unpaired) electrons. The van der Waals surface area contributed by atoms with Gasteiger partial charge in [-0.05, 0) is 24.6 Å². The molecule has 2 heterocycles. The molecule has 3 rings (SSSR count). The zero-order valence-electron chi connectivity index (χ0n) is 14.9. The number of carboxylic acid groups (broad SMARTS) is 1. The normalized spacial score (nSPS) is 15.8. The largest absolute Gasteiger partial charge is 0.476 e. The summed E-state index contributed by atoms with van der Waals surface area (Å²) in [5.41, 5.74) is 1.62. The molecule has 1 aliphatic rings. The van der Waals surface area contributed by atoms with Crippen LogP contribution in [0.1, 0.15) is 29.0 Å². The van der Waals surface area contributed by atoms with Crippen molar-refractivity contribution in [3.05, 3.63) is 50.7 Å². The lowest BCUT2D eigenvalue weighted by atomic mass is 10.1. The number of aromatic carboxylic acids is 1. The maximum absolute atomic E-state index is 11.2. The maximum Gasteiger partial charge on any atom is 0.356 e. The number of rotatable bonds is 5. The second-order valence-electron chi connectivity index (χ2n) is 6.12. The van der Waals surface area contributed by atoms with Crippen molar-refractivity contribution in [3.63, 3.8) is 0 Å². The first kappa shape index (κ1) is 20.8. The quantitative estimate of drug-likeness (QED) is 0.492. The standard InChI is InChI=1S/C18H17Cl3N4O3/c1-10(11-2-4-12(5-3-11)25-6-8-28-9-7-25)23-24-15-13(19)16(18(26)27)22-17(21)14(15)20/h2-5,10H,6-9H2,1H3,(H,26,27). The van der Waals surface area contributed by atoms with E-state index in [1.807, 2.05) is 31.2 Å². The summed E-state index contributed by atoms with van der Waals surface area (Å²) < 4.78 is 5.37. The number of morpholine rings is 1. The fraction of sp³-hybridized carbons (Fsp3) is 0.333. The predicted molar refractivity (Wildman–Crippen MR) is 109 cm³/mol. The van der Waals surface area contributed by atoms with Gasteiger partial charge in [0.1, 0.15) is 15.7 Å². The molecule has 0 saturated carbocycles. The number of benzene rings is 1. The first-order valence-corrected chi connectivity index (χ1v) is 9.63. The zero-order valence-corrected chi connectivity index (χ0v) is 17.2. The van der Waals surface area contributed by atoms with E-state index in [0.717, 1.165) is 37.6 Å². The summed E-state index contributed by atoms with van der Waals surface area (Å²) in [4.78, 5) is 17.1. The fourth-order valence-electron chi connectivity index (χ4n) is 2.73. The van der Waals surface area contributed by atoms with E-state index in [9.17, 15) is 4.79 Å². The van der Waals surface area contributed by atoms with E-state index < -0.39 is 11.7 Å². The number of carboxylic acids is 1. The highest BCUT2D eigenvalue weighted by atomic mass is 35.5. The molecule has 2 aromatic rings. The molecular weight excluding hydrogens is 427 g/mol. The van der Waals surface area contributed by atoms with Gasteiger partial charge in [0.25, 0.3) is 0 Å². The Morgan fingerprint density at radius 1 is 1.18 bits per heavy atom. The minimum Gasteiger partial charge on any atom is -0.476 e. The molecule has 1 saturated heterocycles. The molecule has 0 spiro atoms. The Morgan fingerprint density at radius 3 is 2.43 bits per heavy atom. The Hall–Kier alpha value is -1.93. The van der Waals surface area contributed by atoms with Crippen molar-refractivity contribution in [2.45, 2.75) is 13.0 Å². The number of azo groups is 1. The van der Waals surface area contributed by atoms with Crippen LogP contribution in [0.5, 0.6) is 0 Å². The summed E-state index contributed by atoms with van der Waals surface area (Å²) in [5, 5.41) is 17.0. The van der Waals surface area contributed by atoms with Crippen LogP contribution in [-0.2, 0) is 4.74 Å². The molecule has 0 aliphatic carbocycles. The number of pyridine rings is 1. The van der Waals surface area contributed by atoms with Crippen LogP contribution in [0.3, 0.4) is 0 Å². The average Bonchev–Trinajstić information content (AvgIpc) is 2.71. The van der Waals surface area contributed by atoms with Crippen LogP contribution in [0, 0.1) is 0 Å². The van der Waals surface area contributed by atoms with Crippen LogP contribution in [0.15, 0.2) is 34.5 Å². The minimum atomic E-state index is -1.33. The maximum atomic E-state index is 11.2. The van der Waals surface area contributed by atoms with E-state index in [-0.39, 0.29) is 26.9 Å². The SMILES string of the molecule is CC(N=Nc1c(Cl)c(Cl)nc(C(=O)O)c1Cl)c1ccc(N2CCOCC2)cc1. The molecule has 0 amide bonds. The van der Waals surface area contributed by atoms with E-state index in [1.165, 1.54) is 0 Å². The molecular formula is C18H17Cl3N4O3. The van der Waals surface area contributed by atoms with Crippen molar-refractivity contribution in [1.82, 2.24) is 4.98 Å². The summed E-state index contributed by atoms with van der Waals surface area (Å²) in [5.74, 6) is -1.33. The zero-order chi connectivity index (χ0) is 20.3. The van der Waals surface area contributed by atoms with Crippen LogP contribution >= 0.6 is 34.8 Å². The van der Waals surface area contributed by atoms with Crippen LogP contribution in [0.4, 0.5) is 11.4 Å². The smallest absolute Gasteiger partial charge is 0.356 e. The number of nitrogens with zero attached hydrogens (tertiary/aromatic N) is 4. The van der Waals surface area contributed by atoms with Gasteiger partial charge in [0, 0.05) is 18.8 Å². The van der Waals surface area contributed by atoms with E-state index >= 15 is 0 Å². The van der Waals surface area contributed by atoms with Gasteiger partial charge in [-0.3, -0.25) is 0 Å². The molecule has 1 N–H and O–H groups in total. The molecule has 1 aromatic carbocycles. The van der Waals surface area contributed by atoms with Gasteiger partial charge in [-0.1, -0.05) is 46.9 Å². The van der Waals surface area contributed by atoms with E-state index in [1.54, 1.807) is 0 Å². The fourth-order valence-corrected chi connectivity index (χ4v) is 3.38. The Kier molecular flexibility index (Phi) is 6.72. The van der Waals surface area contributed by atoms with Crippen molar-refractivity contribution < 1.29 is 14.6 Å². The molecule has 1 fully saturated rings. The van der Waals surface area contributed by atoms with Crippen molar-refractivity contribution >= 4 is 52.1 Å². The van der Waals surface area contributed by atoms with Crippen molar-refractivity contribution in [2.75, 3.05) is 31.2 Å². The second kappa shape index (κ2) is 9.05. The van der Waals surface area contributed by atoms with Gasteiger partial charge in [0.2, 0.25) is 0 Å². The predicted octanol–water partition coefficient (Wildman–Crippen LogP) is 5.42. The number of aromatic nitrogens is 1. The summed E-state index contributed by atoms with van der Waals surface area (Å²) in [7, 11) is 0. The van der Waals surface area contributed by atoms with Gasteiger partial charge in [-0.2, -0.15) is 10.2 Å². The number of hydrogen-bond acceptors (Lipinski definition) is 6. The minimum absolute atomic E-state index is 0.0162. The van der Waals surface area contributed by atoms with Crippen molar-refractivity contribution in [1.29, 1.82) is 0 Å². The highest BCUT2D eigenvalue weighted by Gasteiger charge is 2.21. The van der Waals surface area contributed by atoms with Gasteiger partial charge < -0.3 is 14.7 Å².